The summed E-state index contributed by atoms with van der Waals surface area (Å²) in [5, 5.41) is 1.01. The van der Waals surface area contributed by atoms with Crippen LogP contribution in [0, 0.1) is 5.41 Å². The first-order chi connectivity index (χ1) is 4.85. The summed E-state index contributed by atoms with van der Waals surface area (Å²) in [5.74, 6) is 0. The predicted octanol–water partition coefficient (Wildman–Crippen LogP) is 3.07. The van der Waals surface area contributed by atoms with Crippen LogP contribution in [0.1, 0.15) is 38.5 Å². The molecular formula is C9H16S. The molecule has 0 nitrogen and oxygen atoms in total. The van der Waals surface area contributed by atoms with Gasteiger partial charge in [0.1, 0.15) is 0 Å². The Bertz CT molecular complexity index is 117. The van der Waals surface area contributed by atoms with Crippen molar-refractivity contribution in [2.45, 2.75) is 43.8 Å². The molecule has 2 saturated carbocycles. The molecule has 0 unspecified atom stereocenters. The topological polar surface area (TPSA) is 0 Å². The second-order valence-corrected chi connectivity index (χ2v) is 5.07. The van der Waals surface area contributed by atoms with Crippen LogP contribution in [0.4, 0.5) is 0 Å². The maximum absolute atomic E-state index is 2.26. The van der Waals surface area contributed by atoms with Gasteiger partial charge in [-0.15, -0.1) is 0 Å². The first-order valence-corrected chi connectivity index (χ1v) is 5.66. The summed E-state index contributed by atoms with van der Waals surface area (Å²) in [6, 6.07) is 0. The molecule has 2 fully saturated rings. The van der Waals surface area contributed by atoms with Crippen LogP contribution >= 0.6 is 11.8 Å². The average Bonchev–Trinajstić information content (AvgIpc) is 2.72. The summed E-state index contributed by atoms with van der Waals surface area (Å²) in [5.41, 5.74) is 0.895. The number of rotatable bonds is 1. The van der Waals surface area contributed by atoms with Crippen molar-refractivity contribution in [1.82, 2.24) is 0 Å². The third-order valence-electron chi connectivity index (χ3n) is 3.28. The number of thioether (sulfide) groups is 1. The molecule has 2 aliphatic carbocycles. The van der Waals surface area contributed by atoms with Gasteiger partial charge in [0.2, 0.25) is 0 Å². The van der Waals surface area contributed by atoms with Crippen molar-refractivity contribution in [3.05, 3.63) is 0 Å². The highest BCUT2D eigenvalue weighted by molar-refractivity contribution is 7.99. The highest BCUT2D eigenvalue weighted by atomic mass is 32.2. The van der Waals surface area contributed by atoms with Crippen LogP contribution in [0.2, 0.25) is 0 Å². The van der Waals surface area contributed by atoms with Crippen LogP contribution in [-0.4, -0.2) is 11.5 Å². The van der Waals surface area contributed by atoms with Gasteiger partial charge in [-0.25, -0.2) is 0 Å². The normalized spacial score (nSPS) is 30.9. The molecule has 2 rings (SSSR count). The van der Waals surface area contributed by atoms with Gasteiger partial charge in [-0.2, -0.15) is 11.8 Å². The van der Waals surface area contributed by atoms with Crippen molar-refractivity contribution >= 4 is 11.8 Å². The van der Waals surface area contributed by atoms with E-state index in [-0.39, 0.29) is 0 Å². The minimum atomic E-state index is 0.895. The lowest BCUT2D eigenvalue weighted by molar-refractivity contribution is 0.344. The Morgan fingerprint density at radius 1 is 1.10 bits per heavy atom. The molecule has 0 radical (unpaired) electrons. The van der Waals surface area contributed by atoms with Gasteiger partial charge < -0.3 is 0 Å². The predicted molar refractivity (Wildman–Crippen MR) is 47.4 cm³/mol. The van der Waals surface area contributed by atoms with E-state index in [0.717, 1.165) is 10.7 Å². The SMILES string of the molecule is CSC1CCC2(CC1)CC2. The summed E-state index contributed by atoms with van der Waals surface area (Å²) in [7, 11) is 0. The average molecular weight is 156 g/mol. The lowest BCUT2D eigenvalue weighted by Crippen LogP contribution is -2.16. The summed E-state index contributed by atoms with van der Waals surface area (Å²) in [4.78, 5) is 0. The van der Waals surface area contributed by atoms with Crippen molar-refractivity contribution in [3.63, 3.8) is 0 Å². The van der Waals surface area contributed by atoms with Gasteiger partial charge in [-0.3, -0.25) is 0 Å². The highest BCUT2D eigenvalue weighted by Gasteiger charge is 2.44. The van der Waals surface area contributed by atoms with Crippen molar-refractivity contribution < 1.29 is 0 Å². The van der Waals surface area contributed by atoms with Gasteiger partial charge in [-0.05, 0) is 50.2 Å². The van der Waals surface area contributed by atoms with Crippen molar-refractivity contribution in [2.24, 2.45) is 5.41 Å². The summed E-state index contributed by atoms with van der Waals surface area (Å²) >= 11 is 2.07. The molecule has 1 heteroatoms. The van der Waals surface area contributed by atoms with Gasteiger partial charge in [0.15, 0.2) is 0 Å². The second kappa shape index (κ2) is 2.44. The maximum atomic E-state index is 2.26. The largest absolute Gasteiger partial charge is 0.162 e. The minimum Gasteiger partial charge on any atom is -0.162 e. The van der Waals surface area contributed by atoms with E-state index in [1.165, 1.54) is 12.8 Å². The van der Waals surface area contributed by atoms with Crippen LogP contribution in [0.25, 0.3) is 0 Å². The third kappa shape index (κ3) is 1.20. The quantitative estimate of drug-likeness (QED) is 0.562. The Kier molecular flexibility index (Phi) is 1.71. The van der Waals surface area contributed by atoms with Crippen LogP contribution in [0.3, 0.4) is 0 Å². The molecule has 0 aromatic rings. The Morgan fingerprint density at radius 3 is 2.10 bits per heavy atom. The highest BCUT2D eigenvalue weighted by Crippen LogP contribution is 2.57. The molecule has 0 aliphatic heterocycles. The summed E-state index contributed by atoms with van der Waals surface area (Å²) in [6.07, 6.45) is 11.4. The smallest absolute Gasteiger partial charge is 0.00446 e. The zero-order valence-electron chi connectivity index (χ0n) is 6.73. The van der Waals surface area contributed by atoms with Gasteiger partial charge in [0, 0.05) is 5.25 Å². The van der Waals surface area contributed by atoms with Gasteiger partial charge >= 0.3 is 0 Å². The van der Waals surface area contributed by atoms with Gasteiger partial charge in [-0.1, -0.05) is 0 Å². The second-order valence-electron chi connectivity index (χ2n) is 3.94. The lowest BCUT2D eigenvalue weighted by atomic mass is 9.86. The van der Waals surface area contributed by atoms with E-state index < -0.39 is 0 Å². The van der Waals surface area contributed by atoms with Crippen LogP contribution in [0.5, 0.6) is 0 Å². The van der Waals surface area contributed by atoms with Crippen LogP contribution < -0.4 is 0 Å². The first kappa shape index (κ1) is 7.02. The molecule has 0 N–H and O–H groups in total. The molecule has 0 saturated heterocycles. The van der Waals surface area contributed by atoms with E-state index in [9.17, 15) is 0 Å². The first-order valence-electron chi connectivity index (χ1n) is 4.37. The fourth-order valence-electron chi connectivity index (χ4n) is 2.12. The molecule has 10 heavy (non-hydrogen) atoms. The molecule has 0 bridgehead atoms. The molecule has 58 valence electrons. The zero-order valence-corrected chi connectivity index (χ0v) is 7.54. The standard InChI is InChI=1S/C9H16S/c1-10-8-2-4-9(5-3-8)6-7-9/h8H,2-7H2,1H3. The van der Waals surface area contributed by atoms with Crippen LogP contribution in [0.15, 0.2) is 0 Å². The monoisotopic (exact) mass is 156 g/mol. The van der Waals surface area contributed by atoms with E-state index in [1.54, 1.807) is 25.7 Å². The minimum absolute atomic E-state index is 0.895. The van der Waals surface area contributed by atoms with Crippen LogP contribution in [-0.2, 0) is 0 Å². The summed E-state index contributed by atoms with van der Waals surface area (Å²) in [6.45, 7) is 0. The molecule has 2 aliphatic rings. The molecule has 0 aromatic heterocycles. The molecular weight excluding hydrogens is 140 g/mol. The number of hydrogen-bond acceptors (Lipinski definition) is 1. The Morgan fingerprint density at radius 2 is 1.70 bits per heavy atom. The van der Waals surface area contributed by atoms with Crippen molar-refractivity contribution in [1.29, 1.82) is 0 Å². The van der Waals surface area contributed by atoms with E-state index in [1.807, 2.05) is 0 Å². The molecule has 0 aromatic carbocycles. The Labute approximate surface area is 67.8 Å². The van der Waals surface area contributed by atoms with Gasteiger partial charge in [0.05, 0.1) is 0 Å². The van der Waals surface area contributed by atoms with E-state index in [2.05, 4.69) is 18.0 Å². The fraction of sp³-hybridized carbons (Fsp3) is 1.00. The van der Waals surface area contributed by atoms with Gasteiger partial charge in [0.25, 0.3) is 0 Å². The molecule has 0 atom stereocenters. The van der Waals surface area contributed by atoms with E-state index in [4.69, 9.17) is 0 Å². The fourth-order valence-corrected chi connectivity index (χ4v) is 2.82. The lowest BCUT2D eigenvalue weighted by Gasteiger charge is -2.26. The Hall–Kier alpha value is 0.350. The zero-order chi connectivity index (χ0) is 7.03. The van der Waals surface area contributed by atoms with Crippen molar-refractivity contribution in [2.75, 3.05) is 6.26 Å². The molecule has 0 amide bonds. The molecule has 0 heterocycles. The van der Waals surface area contributed by atoms with Crippen molar-refractivity contribution in [3.8, 4) is 0 Å². The Balaban J connectivity index is 1.84. The third-order valence-corrected chi connectivity index (χ3v) is 4.42. The summed E-state index contributed by atoms with van der Waals surface area (Å²) < 4.78 is 0. The van der Waals surface area contributed by atoms with E-state index in [0.29, 0.717) is 0 Å². The molecule has 1 spiro atoms. The number of hydrogen-bond donors (Lipinski definition) is 0. The maximum Gasteiger partial charge on any atom is 0.00446 e. The van der Waals surface area contributed by atoms with E-state index >= 15 is 0 Å².